The monoisotopic (exact) mass is 319 g/mol. The predicted molar refractivity (Wildman–Crippen MR) is 58.9 cm³/mol. The zero-order valence-electron chi connectivity index (χ0n) is 9.18. The van der Waals surface area contributed by atoms with Crippen LogP contribution in [0.2, 0.25) is 0 Å². The second-order valence-electron chi connectivity index (χ2n) is 3.49. The van der Waals surface area contributed by atoms with Crippen LogP contribution in [0.15, 0.2) is 17.0 Å². The van der Waals surface area contributed by atoms with Crippen molar-refractivity contribution in [2.24, 2.45) is 0 Å². The summed E-state index contributed by atoms with van der Waals surface area (Å²) in [4.78, 5) is 9.70. The summed E-state index contributed by atoms with van der Waals surface area (Å²) in [7, 11) is 0.433. The molecule has 0 unspecified atom stereocenters. The quantitative estimate of drug-likeness (QED) is 0.673. The fourth-order valence-corrected chi connectivity index (χ4v) is 2.07. The lowest BCUT2D eigenvalue weighted by Gasteiger charge is -2.11. The van der Waals surface area contributed by atoms with Gasteiger partial charge < -0.3 is 5.32 Å². The minimum Gasteiger partial charge on any atom is -0.318 e. The maximum atomic E-state index is 13.3. The number of benzene rings is 1. The molecule has 0 atom stereocenters. The SMILES string of the molecule is Cc1cc(F)c(S(=O)(=O)Cl)cc1NC(=O)C(F)(F)F. The highest BCUT2D eigenvalue weighted by atomic mass is 35.7. The third-order valence-corrected chi connectivity index (χ3v) is 3.38. The Labute approximate surface area is 109 Å². The Bertz CT molecular complexity index is 627. The first kappa shape index (κ1) is 15.7. The second kappa shape index (κ2) is 4.97. The first-order valence-corrected chi connectivity index (χ1v) is 6.87. The average molecular weight is 320 g/mol. The molecule has 10 heteroatoms. The van der Waals surface area contributed by atoms with Crippen molar-refractivity contribution in [1.29, 1.82) is 0 Å². The molecule has 0 aliphatic rings. The van der Waals surface area contributed by atoms with Gasteiger partial charge in [-0.05, 0) is 24.6 Å². The van der Waals surface area contributed by atoms with E-state index >= 15 is 0 Å². The summed E-state index contributed by atoms with van der Waals surface area (Å²) in [6, 6.07) is 1.18. The molecule has 1 amide bonds. The third kappa shape index (κ3) is 3.80. The standard InChI is InChI=1S/C9H6ClF4NO3S/c1-4-2-5(11)7(19(10,17)18)3-6(4)15-8(16)9(12,13)14/h2-3H,1H3,(H,15,16). The van der Waals surface area contributed by atoms with Crippen molar-refractivity contribution >= 4 is 31.3 Å². The highest BCUT2D eigenvalue weighted by molar-refractivity contribution is 8.13. The van der Waals surface area contributed by atoms with Gasteiger partial charge in [0.05, 0.1) is 0 Å². The molecule has 0 saturated carbocycles. The Morgan fingerprint density at radius 2 is 1.84 bits per heavy atom. The predicted octanol–water partition coefficient (Wildman–Crippen LogP) is 2.56. The van der Waals surface area contributed by atoms with Crippen LogP contribution >= 0.6 is 10.7 Å². The maximum absolute atomic E-state index is 13.3. The van der Waals surface area contributed by atoms with Gasteiger partial charge in [-0.2, -0.15) is 13.2 Å². The fourth-order valence-electron chi connectivity index (χ4n) is 1.17. The largest absolute Gasteiger partial charge is 0.471 e. The van der Waals surface area contributed by atoms with E-state index in [9.17, 15) is 30.8 Å². The number of hydrogen-bond donors (Lipinski definition) is 1. The number of nitrogens with one attached hydrogen (secondary N) is 1. The normalized spacial score (nSPS) is 12.3. The van der Waals surface area contributed by atoms with Crippen molar-refractivity contribution in [3.63, 3.8) is 0 Å². The molecule has 1 N–H and O–H groups in total. The summed E-state index contributed by atoms with van der Waals surface area (Å²) in [6.07, 6.45) is -5.15. The molecular weight excluding hydrogens is 314 g/mol. The number of aryl methyl sites for hydroxylation is 1. The van der Waals surface area contributed by atoms with Crippen LogP contribution in [0.1, 0.15) is 5.56 Å². The number of carbonyl (C=O) groups excluding carboxylic acids is 1. The summed E-state index contributed by atoms with van der Waals surface area (Å²) in [5, 5.41) is 1.44. The second-order valence-corrected chi connectivity index (χ2v) is 6.02. The zero-order chi connectivity index (χ0) is 15.0. The van der Waals surface area contributed by atoms with Crippen LogP contribution in [0, 0.1) is 12.7 Å². The summed E-state index contributed by atoms with van der Waals surface area (Å²) < 4.78 is 71.4. The maximum Gasteiger partial charge on any atom is 0.471 e. The molecule has 0 bridgehead atoms. The molecule has 1 aromatic carbocycles. The Balaban J connectivity index is 3.28. The molecule has 4 nitrogen and oxygen atoms in total. The van der Waals surface area contributed by atoms with Crippen LogP contribution in [0.5, 0.6) is 0 Å². The van der Waals surface area contributed by atoms with E-state index < -0.39 is 37.5 Å². The highest BCUT2D eigenvalue weighted by Gasteiger charge is 2.39. The summed E-state index contributed by atoms with van der Waals surface area (Å²) in [5.74, 6) is -3.53. The van der Waals surface area contributed by atoms with E-state index in [1.807, 2.05) is 0 Å². The zero-order valence-corrected chi connectivity index (χ0v) is 10.7. The van der Waals surface area contributed by atoms with Crippen molar-refractivity contribution in [3.05, 3.63) is 23.5 Å². The smallest absolute Gasteiger partial charge is 0.318 e. The minimum atomic E-state index is -5.15. The van der Waals surface area contributed by atoms with Gasteiger partial charge in [0.25, 0.3) is 9.05 Å². The van der Waals surface area contributed by atoms with Crippen LogP contribution in [0.4, 0.5) is 23.2 Å². The van der Waals surface area contributed by atoms with Gasteiger partial charge in [-0.15, -0.1) is 0 Å². The summed E-state index contributed by atoms with van der Waals surface area (Å²) in [5.41, 5.74) is -0.581. The lowest BCUT2D eigenvalue weighted by Crippen LogP contribution is -2.30. The first-order valence-electron chi connectivity index (χ1n) is 4.56. The highest BCUT2D eigenvalue weighted by Crippen LogP contribution is 2.27. The molecule has 0 fully saturated rings. The van der Waals surface area contributed by atoms with Crippen LogP contribution < -0.4 is 5.32 Å². The van der Waals surface area contributed by atoms with Gasteiger partial charge in [-0.1, -0.05) is 0 Å². The van der Waals surface area contributed by atoms with Crippen LogP contribution in [0.3, 0.4) is 0 Å². The molecule has 0 saturated heterocycles. The Morgan fingerprint density at radius 3 is 2.26 bits per heavy atom. The minimum absolute atomic E-state index is 0.0841. The van der Waals surface area contributed by atoms with Crippen molar-refractivity contribution in [2.45, 2.75) is 18.0 Å². The van der Waals surface area contributed by atoms with Crippen molar-refractivity contribution in [2.75, 3.05) is 5.32 Å². The Hall–Kier alpha value is -1.35. The number of hydrogen-bond acceptors (Lipinski definition) is 3. The van der Waals surface area contributed by atoms with Crippen LogP contribution in [-0.2, 0) is 13.8 Å². The van der Waals surface area contributed by atoms with Gasteiger partial charge in [-0.25, -0.2) is 12.8 Å². The topological polar surface area (TPSA) is 63.2 Å². The van der Waals surface area contributed by atoms with Gasteiger partial charge in [-0.3, -0.25) is 4.79 Å². The summed E-state index contributed by atoms with van der Waals surface area (Å²) >= 11 is 0. The molecule has 106 valence electrons. The fraction of sp³-hybridized carbons (Fsp3) is 0.222. The van der Waals surface area contributed by atoms with Gasteiger partial charge in [0.2, 0.25) is 0 Å². The average Bonchev–Trinajstić information content (AvgIpc) is 2.18. The van der Waals surface area contributed by atoms with Crippen LogP contribution in [0.25, 0.3) is 0 Å². The van der Waals surface area contributed by atoms with Gasteiger partial charge >= 0.3 is 12.1 Å². The van der Waals surface area contributed by atoms with E-state index in [4.69, 9.17) is 10.7 Å². The Kier molecular flexibility index (Phi) is 4.11. The van der Waals surface area contributed by atoms with E-state index in [2.05, 4.69) is 0 Å². The molecule has 1 aromatic rings. The molecule has 0 aliphatic heterocycles. The molecule has 19 heavy (non-hydrogen) atoms. The van der Waals surface area contributed by atoms with Gasteiger partial charge in [0, 0.05) is 16.4 Å². The first-order chi connectivity index (χ1) is 8.43. The number of amides is 1. The van der Waals surface area contributed by atoms with E-state index in [1.165, 1.54) is 12.2 Å². The van der Waals surface area contributed by atoms with Gasteiger partial charge in [0.1, 0.15) is 10.7 Å². The summed E-state index contributed by atoms with van der Waals surface area (Å²) in [6.45, 7) is 1.19. The molecule has 0 heterocycles. The number of rotatable bonds is 2. The lowest BCUT2D eigenvalue weighted by molar-refractivity contribution is -0.167. The Morgan fingerprint density at radius 1 is 1.32 bits per heavy atom. The van der Waals surface area contributed by atoms with Crippen LogP contribution in [-0.4, -0.2) is 20.5 Å². The van der Waals surface area contributed by atoms with Crippen molar-refractivity contribution < 1.29 is 30.8 Å². The van der Waals surface area contributed by atoms with E-state index in [1.54, 1.807) is 0 Å². The number of anilines is 1. The third-order valence-electron chi connectivity index (χ3n) is 2.05. The van der Waals surface area contributed by atoms with E-state index in [-0.39, 0.29) is 5.56 Å². The number of halogens is 5. The van der Waals surface area contributed by atoms with Crippen molar-refractivity contribution in [1.82, 2.24) is 0 Å². The van der Waals surface area contributed by atoms with Gasteiger partial charge in [0.15, 0.2) is 0 Å². The molecule has 0 aliphatic carbocycles. The molecule has 0 spiro atoms. The molecular formula is C9H6ClF4NO3S. The van der Waals surface area contributed by atoms with E-state index in [0.717, 1.165) is 0 Å². The molecule has 0 aromatic heterocycles. The van der Waals surface area contributed by atoms with Crippen molar-refractivity contribution in [3.8, 4) is 0 Å². The molecule has 0 radical (unpaired) electrons. The number of carbonyl (C=O) groups is 1. The lowest BCUT2D eigenvalue weighted by atomic mass is 10.2. The molecule has 1 rings (SSSR count). The van der Waals surface area contributed by atoms with E-state index in [0.29, 0.717) is 12.1 Å². The number of alkyl halides is 3.